The number of aromatic nitrogens is 2. The molecule has 0 radical (unpaired) electrons. The molecule has 6 rings (SSSR count). The summed E-state index contributed by atoms with van der Waals surface area (Å²) in [6.45, 7) is 3.50. The highest BCUT2D eigenvalue weighted by Crippen LogP contribution is 2.26. The van der Waals surface area contributed by atoms with Gasteiger partial charge in [-0.1, -0.05) is 30.3 Å². The number of amides is 2. The van der Waals surface area contributed by atoms with Gasteiger partial charge in [0.1, 0.15) is 0 Å². The normalized spacial score (nSPS) is 13.0. The molecule has 214 valence electrons. The largest absolute Gasteiger partial charge is 0.459 e. The Hall–Kier alpha value is -5.62. The number of nitriles is 1. The Bertz CT molecular complexity index is 1710. The van der Waals surface area contributed by atoms with Crippen molar-refractivity contribution >= 4 is 23.2 Å². The van der Waals surface area contributed by atoms with Gasteiger partial charge in [-0.25, -0.2) is 4.98 Å². The third-order valence-electron chi connectivity index (χ3n) is 7.65. The molecule has 43 heavy (non-hydrogen) atoms. The van der Waals surface area contributed by atoms with Crippen LogP contribution in [0.25, 0.3) is 0 Å². The molecule has 0 spiro atoms. The van der Waals surface area contributed by atoms with Crippen molar-refractivity contribution in [3.8, 4) is 6.07 Å². The number of hydrogen-bond donors (Lipinski definition) is 0. The summed E-state index contributed by atoms with van der Waals surface area (Å²) in [6.07, 6.45) is 5.06. The Morgan fingerprint density at radius 2 is 1.63 bits per heavy atom. The van der Waals surface area contributed by atoms with E-state index in [0.29, 0.717) is 56.2 Å². The maximum Gasteiger partial charge on any atom is 0.289 e. The average molecular weight is 571 g/mol. The lowest BCUT2D eigenvalue weighted by molar-refractivity contribution is 0.0714. The van der Waals surface area contributed by atoms with E-state index in [1.54, 1.807) is 41.7 Å². The van der Waals surface area contributed by atoms with Crippen molar-refractivity contribution in [2.45, 2.75) is 13.1 Å². The standard InChI is InChI=1S/C34H30N6O3/c35-21-26-8-10-27(11-9-26)23-39-25-36-22-31(39)24-40(33(41)28-5-2-1-3-6-28)30-14-12-29(13-15-30)37-16-18-38(19-17-37)34(42)32-7-4-20-43-32/h1-15,20,22,25H,16-19,23-24H2. The number of furan rings is 1. The van der Waals surface area contributed by atoms with Crippen LogP contribution in [0.4, 0.5) is 11.4 Å². The first-order chi connectivity index (χ1) is 21.1. The Kier molecular flexibility index (Phi) is 8.00. The van der Waals surface area contributed by atoms with Gasteiger partial charge >= 0.3 is 0 Å². The summed E-state index contributed by atoms with van der Waals surface area (Å²) in [5, 5.41) is 9.11. The molecular weight excluding hydrogens is 540 g/mol. The molecule has 3 aromatic carbocycles. The summed E-state index contributed by atoms with van der Waals surface area (Å²) in [4.78, 5) is 36.6. The van der Waals surface area contributed by atoms with Gasteiger partial charge in [-0.15, -0.1) is 0 Å². The molecule has 0 saturated carbocycles. The van der Waals surface area contributed by atoms with E-state index in [1.165, 1.54) is 6.26 Å². The number of carbonyl (C=O) groups excluding carboxylic acids is 2. The number of hydrogen-bond acceptors (Lipinski definition) is 6. The van der Waals surface area contributed by atoms with Crippen LogP contribution in [0.1, 0.15) is 37.7 Å². The van der Waals surface area contributed by atoms with E-state index in [2.05, 4.69) is 16.0 Å². The molecule has 2 aromatic heterocycles. The molecule has 0 aliphatic carbocycles. The van der Waals surface area contributed by atoms with Gasteiger partial charge in [-0.05, 0) is 66.2 Å². The van der Waals surface area contributed by atoms with Gasteiger partial charge in [0.15, 0.2) is 5.76 Å². The highest BCUT2D eigenvalue weighted by atomic mass is 16.3. The van der Waals surface area contributed by atoms with E-state index >= 15 is 0 Å². The number of carbonyl (C=O) groups is 2. The lowest BCUT2D eigenvalue weighted by Gasteiger charge is -2.36. The molecule has 1 aliphatic heterocycles. The zero-order chi connectivity index (χ0) is 29.6. The van der Waals surface area contributed by atoms with E-state index in [1.807, 2.05) is 76.2 Å². The van der Waals surface area contributed by atoms with Crippen LogP contribution in [-0.2, 0) is 13.1 Å². The van der Waals surface area contributed by atoms with E-state index in [-0.39, 0.29) is 11.8 Å². The highest BCUT2D eigenvalue weighted by Gasteiger charge is 2.25. The first-order valence-corrected chi connectivity index (χ1v) is 14.1. The van der Waals surface area contributed by atoms with Crippen molar-refractivity contribution in [2.24, 2.45) is 0 Å². The first-order valence-electron chi connectivity index (χ1n) is 14.1. The Labute approximate surface area is 249 Å². The van der Waals surface area contributed by atoms with Gasteiger partial charge in [0.25, 0.3) is 11.8 Å². The van der Waals surface area contributed by atoms with Gasteiger partial charge in [0.05, 0.1) is 36.5 Å². The molecule has 1 saturated heterocycles. The van der Waals surface area contributed by atoms with E-state index in [0.717, 1.165) is 22.6 Å². The van der Waals surface area contributed by atoms with Gasteiger partial charge in [-0.3, -0.25) is 9.59 Å². The summed E-state index contributed by atoms with van der Waals surface area (Å²) in [5.74, 6) is 0.164. The smallest absolute Gasteiger partial charge is 0.289 e. The molecule has 3 heterocycles. The molecule has 0 unspecified atom stereocenters. The van der Waals surface area contributed by atoms with E-state index < -0.39 is 0 Å². The fourth-order valence-corrected chi connectivity index (χ4v) is 5.25. The Morgan fingerprint density at radius 1 is 0.884 bits per heavy atom. The minimum absolute atomic E-state index is 0.0894. The summed E-state index contributed by atoms with van der Waals surface area (Å²) in [5.41, 5.74) is 4.94. The minimum atomic E-state index is -0.107. The summed E-state index contributed by atoms with van der Waals surface area (Å²) < 4.78 is 7.30. The van der Waals surface area contributed by atoms with Crippen LogP contribution < -0.4 is 9.80 Å². The van der Waals surface area contributed by atoms with Crippen LogP contribution in [0.2, 0.25) is 0 Å². The van der Waals surface area contributed by atoms with Crippen molar-refractivity contribution in [1.29, 1.82) is 5.26 Å². The van der Waals surface area contributed by atoms with Crippen LogP contribution in [0.15, 0.2) is 114 Å². The predicted molar refractivity (Wildman–Crippen MR) is 163 cm³/mol. The number of piperazine rings is 1. The molecular formula is C34H30N6O3. The van der Waals surface area contributed by atoms with Crippen LogP contribution in [0.5, 0.6) is 0 Å². The van der Waals surface area contributed by atoms with Crippen LogP contribution in [0.3, 0.4) is 0 Å². The fourth-order valence-electron chi connectivity index (χ4n) is 5.25. The van der Waals surface area contributed by atoms with Crippen molar-refractivity contribution < 1.29 is 14.0 Å². The second kappa shape index (κ2) is 12.5. The number of nitrogens with zero attached hydrogens (tertiary/aromatic N) is 6. The lowest BCUT2D eigenvalue weighted by Crippen LogP contribution is -2.48. The Morgan fingerprint density at radius 3 is 2.30 bits per heavy atom. The summed E-state index contributed by atoms with van der Waals surface area (Å²) in [7, 11) is 0. The highest BCUT2D eigenvalue weighted by molar-refractivity contribution is 6.06. The molecule has 9 nitrogen and oxygen atoms in total. The molecule has 2 amide bonds. The SMILES string of the molecule is N#Cc1ccc(Cn2cncc2CN(C(=O)c2ccccc2)c2ccc(N3CCN(C(=O)c4ccco4)CC3)cc2)cc1. The van der Waals surface area contributed by atoms with Crippen LogP contribution in [0, 0.1) is 11.3 Å². The lowest BCUT2D eigenvalue weighted by atomic mass is 10.1. The van der Waals surface area contributed by atoms with Gasteiger partial charge < -0.3 is 23.7 Å². The molecule has 9 heteroatoms. The maximum atomic E-state index is 13.8. The summed E-state index contributed by atoms with van der Waals surface area (Å²) in [6, 6.07) is 30.3. The molecule has 1 aliphatic rings. The van der Waals surface area contributed by atoms with Crippen molar-refractivity contribution in [3.05, 3.63) is 138 Å². The van der Waals surface area contributed by atoms with Crippen molar-refractivity contribution in [1.82, 2.24) is 14.5 Å². The first kappa shape index (κ1) is 27.5. The van der Waals surface area contributed by atoms with Gasteiger partial charge in [-0.2, -0.15) is 5.26 Å². The minimum Gasteiger partial charge on any atom is -0.459 e. The van der Waals surface area contributed by atoms with Crippen LogP contribution in [-0.4, -0.2) is 52.4 Å². The third kappa shape index (κ3) is 6.19. The second-order valence-electron chi connectivity index (χ2n) is 10.4. The Balaban J connectivity index is 1.19. The topological polar surface area (TPSA) is 98.6 Å². The van der Waals surface area contributed by atoms with E-state index in [9.17, 15) is 9.59 Å². The van der Waals surface area contributed by atoms with Gasteiger partial charge in [0, 0.05) is 55.9 Å². The summed E-state index contributed by atoms with van der Waals surface area (Å²) >= 11 is 0. The molecule has 0 atom stereocenters. The average Bonchev–Trinajstić information content (AvgIpc) is 3.77. The maximum absolute atomic E-state index is 13.8. The monoisotopic (exact) mass is 570 g/mol. The molecule has 5 aromatic rings. The zero-order valence-corrected chi connectivity index (χ0v) is 23.5. The van der Waals surface area contributed by atoms with E-state index in [4.69, 9.17) is 9.68 Å². The van der Waals surface area contributed by atoms with Crippen LogP contribution >= 0.6 is 0 Å². The number of anilines is 2. The fraction of sp³-hybridized carbons (Fsp3) is 0.176. The predicted octanol–water partition coefficient (Wildman–Crippen LogP) is 5.21. The molecule has 0 bridgehead atoms. The number of benzene rings is 3. The van der Waals surface area contributed by atoms with Gasteiger partial charge in [0.2, 0.25) is 0 Å². The van der Waals surface area contributed by atoms with Crippen molar-refractivity contribution in [2.75, 3.05) is 36.0 Å². The van der Waals surface area contributed by atoms with Crippen molar-refractivity contribution in [3.63, 3.8) is 0 Å². The number of rotatable bonds is 8. The second-order valence-corrected chi connectivity index (χ2v) is 10.4. The third-order valence-corrected chi connectivity index (χ3v) is 7.65. The zero-order valence-electron chi connectivity index (χ0n) is 23.5. The quantitative estimate of drug-likeness (QED) is 0.254. The molecule has 0 N–H and O–H groups in total. The number of imidazole rings is 1. The molecule has 1 fully saturated rings.